The molecule has 0 saturated heterocycles. The monoisotopic (exact) mass is 530 g/mol. The maximum Gasteiger partial charge on any atom is 0.567 e. The van der Waals surface area contributed by atoms with Gasteiger partial charge in [-0.15, -0.1) is 0 Å². The molecule has 0 unspecified atom stereocenters. The van der Waals surface area contributed by atoms with Gasteiger partial charge in [-0.1, -0.05) is 6.92 Å². The Kier molecular flexibility index (Phi) is 12.8. The Morgan fingerprint density at radius 2 is 0.917 bits per heavy atom. The van der Waals surface area contributed by atoms with E-state index >= 15 is 0 Å². The first-order valence-electron chi connectivity index (χ1n) is 10.8. The first-order valence-corrected chi connectivity index (χ1v) is 10.8. The minimum Gasteiger partial charge on any atom is -0.396 e. The molecule has 15 nitrogen and oxygen atoms in total. The van der Waals surface area contributed by atoms with E-state index in [4.69, 9.17) is 18.9 Å². The van der Waals surface area contributed by atoms with E-state index < -0.39 is 105 Å². The molecule has 0 atom stereocenters. The van der Waals surface area contributed by atoms with Crippen LogP contribution in [0.25, 0.3) is 0 Å². The normalized spacial score (nSPS) is 13.3. The molecule has 0 aliphatic carbocycles. The molecule has 36 heavy (non-hydrogen) atoms. The van der Waals surface area contributed by atoms with E-state index in [9.17, 15) is 55.2 Å². The van der Waals surface area contributed by atoms with Gasteiger partial charge < -0.3 is 55.1 Å². The largest absolute Gasteiger partial charge is 0.567 e. The molecule has 0 rings (SSSR count). The SMILES string of the molecule is CC(CO)(CO)CC(=O)OC(OC(=O)C(C)(CO)CO)(OC(=O)C(C)(CO)CO)OC(C)(CO)CO. The summed E-state index contributed by atoms with van der Waals surface area (Å²) in [5.41, 5.74) is -7.72. The molecule has 0 spiro atoms. The lowest BCUT2D eigenvalue weighted by Gasteiger charge is -2.39. The average molecular weight is 531 g/mol. The zero-order chi connectivity index (χ0) is 28.4. The van der Waals surface area contributed by atoms with Crippen LogP contribution in [0.3, 0.4) is 0 Å². The van der Waals surface area contributed by atoms with Crippen molar-refractivity contribution in [3.63, 3.8) is 0 Å². The Hall–Kier alpha value is -1.95. The molecule has 0 radical (unpaired) electrons. The molecule has 0 aliphatic heterocycles. The molecule has 8 N–H and O–H groups in total. The van der Waals surface area contributed by atoms with Crippen molar-refractivity contribution in [1.29, 1.82) is 0 Å². The van der Waals surface area contributed by atoms with Crippen LogP contribution < -0.4 is 0 Å². The van der Waals surface area contributed by atoms with Gasteiger partial charge in [-0.25, -0.2) is 0 Å². The summed E-state index contributed by atoms with van der Waals surface area (Å²) in [4.78, 5) is 38.5. The van der Waals surface area contributed by atoms with Crippen molar-refractivity contribution in [3.8, 4) is 0 Å². The molecule has 0 amide bonds. The van der Waals surface area contributed by atoms with Crippen molar-refractivity contribution in [2.45, 2.75) is 45.9 Å². The molecule has 0 aromatic heterocycles. The van der Waals surface area contributed by atoms with E-state index in [1.54, 1.807) is 0 Å². The fourth-order valence-corrected chi connectivity index (χ4v) is 2.06. The summed E-state index contributed by atoms with van der Waals surface area (Å²) < 4.78 is 20.4. The highest BCUT2D eigenvalue weighted by Gasteiger charge is 2.56. The first kappa shape index (κ1) is 34.0. The van der Waals surface area contributed by atoms with Crippen molar-refractivity contribution >= 4 is 17.9 Å². The van der Waals surface area contributed by atoms with Gasteiger partial charge in [-0.05, 0) is 20.8 Å². The van der Waals surface area contributed by atoms with E-state index in [1.165, 1.54) is 6.92 Å². The third-order valence-electron chi connectivity index (χ3n) is 5.43. The summed E-state index contributed by atoms with van der Waals surface area (Å²) >= 11 is 0. The van der Waals surface area contributed by atoms with Gasteiger partial charge in [0.05, 0.1) is 59.3 Å². The van der Waals surface area contributed by atoms with Crippen molar-refractivity contribution in [3.05, 3.63) is 0 Å². The van der Waals surface area contributed by atoms with Crippen LogP contribution in [0.15, 0.2) is 0 Å². The molecule has 0 aromatic carbocycles. The second-order valence-corrected chi connectivity index (χ2v) is 9.68. The highest BCUT2D eigenvalue weighted by atomic mass is 17.0. The van der Waals surface area contributed by atoms with Gasteiger partial charge in [0, 0.05) is 5.41 Å². The van der Waals surface area contributed by atoms with Crippen LogP contribution in [0.5, 0.6) is 0 Å². The predicted octanol–water partition coefficient (Wildman–Crippen LogP) is -3.65. The maximum atomic E-state index is 12.8. The summed E-state index contributed by atoms with van der Waals surface area (Å²) in [5.74, 6) is -4.45. The van der Waals surface area contributed by atoms with E-state index in [1.807, 2.05) is 0 Å². The molecule has 15 heteroatoms. The number of carbonyl (C=O) groups is 3. The molecule has 0 heterocycles. The topological polar surface area (TPSA) is 250 Å². The lowest BCUT2D eigenvalue weighted by atomic mass is 9.89. The summed E-state index contributed by atoms with van der Waals surface area (Å²) in [6, 6.07) is 0. The first-order chi connectivity index (χ1) is 16.5. The van der Waals surface area contributed by atoms with Gasteiger partial charge in [0.1, 0.15) is 16.4 Å². The maximum absolute atomic E-state index is 12.8. The van der Waals surface area contributed by atoms with E-state index in [2.05, 4.69) is 0 Å². The third-order valence-corrected chi connectivity index (χ3v) is 5.43. The Balaban J connectivity index is 6.80. The number of esters is 3. The summed E-state index contributed by atoms with van der Waals surface area (Å²) in [5, 5.41) is 76.5. The fraction of sp³-hybridized carbons (Fsp3) is 0.857. The minimum absolute atomic E-state index is 0.711. The van der Waals surface area contributed by atoms with Crippen molar-refractivity contribution < 1.29 is 74.2 Å². The molecule has 0 fully saturated rings. The highest BCUT2D eigenvalue weighted by Crippen LogP contribution is 2.33. The Labute approximate surface area is 207 Å². The Bertz CT molecular complexity index is 689. The summed E-state index contributed by atoms with van der Waals surface area (Å²) in [6.45, 7) is -3.09. The number of carbonyl (C=O) groups excluding carboxylic acids is 3. The molecule has 0 saturated carbocycles. The van der Waals surface area contributed by atoms with Crippen LogP contribution in [0, 0.1) is 16.2 Å². The number of aliphatic hydroxyl groups is 8. The van der Waals surface area contributed by atoms with Crippen molar-refractivity contribution in [2.24, 2.45) is 16.2 Å². The quantitative estimate of drug-likeness (QED) is 0.0667. The lowest BCUT2D eigenvalue weighted by molar-refractivity contribution is -0.478. The van der Waals surface area contributed by atoms with Gasteiger partial charge in [0.15, 0.2) is 0 Å². The van der Waals surface area contributed by atoms with Gasteiger partial charge in [0.2, 0.25) is 0 Å². The number of hydrogen-bond acceptors (Lipinski definition) is 15. The van der Waals surface area contributed by atoms with Gasteiger partial charge >= 0.3 is 24.1 Å². The minimum atomic E-state index is -3.55. The second kappa shape index (κ2) is 13.6. The number of aliphatic hydroxyl groups excluding tert-OH is 8. The van der Waals surface area contributed by atoms with Crippen LogP contribution in [0.4, 0.5) is 0 Å². The fourth-order valence-electron chi connectivity index (χ4n) is 2.06. The molecular weight excluding hydrogens is 492 g/mol. The Morgan fingerprint density at radius 1 is 0.556 bits per heavy atom. The van der Waals surface area contributed by atoms with E-state index in [0.717, 1.165) is 20.8 Å². The van der Waals surface area contributed by atoms with Crippen LogP contribution in [-0.4, -0.2) is 123 Å². The summed E-state index contributed by atoms with van der Waals surface area (Å²) in [6.07, 6.45) is -4.31. The number of hydrogen-bond donors (Lipinski definition) is 8. The number of rotatable bonds is 17. The van der Waals surface area contributed by atoms with Crippen molar-refractivity contribution in [1.82, 2.24) is 0 Å². The predicted molar refractivity (Wildman–Crippen MR) is 116 cm³/mol. The second-order valence-electron chi connectivity index (χ2n) is 9.68. The van der Waals surface area contributed by atoms with Crippen LogP contribution in [-0.2, 0) is 33.3 Å². The molecule has 0 aromatic rings. The molecule has 0 aliphatic rings. The molecular formula is C21H38O15. The standard InChI is InChI=1S/C21H38O15/c1-17(6-22,7-23)5-14(30)33-21(36-20(4,12-28)13-29,34-15(31)18(2,8-24)9-25)35-16(32)19(3,10-26)11-27/h22-29H,5-13H2,1-4H3. The van der Waals surface area contributed by atoms with Crippen LogP contribution in [0.1, 0.15) is 34.1 Å². The molecule has 212 valence electrons. The van der Waals surface area contributed by atoms with Gasteiger partial charge in [0.25, 0.3) is 0 Å². The van der Waals surface area contributed by atoms with Crippen LogP contribution in [0.2, 0.25) is 0 Å². The van der Waals surface area contributed by atoms with E-state index in [-0.39, 0.29) is 0 Å². The van der Waals surface area contributed by atoms with Crippen molar-refractivity contribution in [2.75, 3.05) is 52.9 Å². The average Bonchev–Trinajstić information content (AvgIpc) is 2.86. The van der Waals surface area contributed by atoms with Crippen LogP contribution >= 0.6 is 0 Å². The zero-order valence-electron chi connectivity index (χ0n) is 20.8. The Morgan fingerprint density at radius 3 is 1.19 bits per heavy atom. The van der Waals surface area contributed by atoms with E-state index in [0.29, 0.717) is 0 Å². The van der Waals surface area contributed by atoms with Gasteiger partial charge in [-0.3, -0.25) is 19.1 Å². The lowest BCUT2D eigenvalue weighted by Crippen LogP contribution is -2.58. The smallest absolute Gasteiger partial charge is 0.396 e. The third kappa shape index (κ3) is 8.57. The summed E-state index contributed by atoms with van der Waals surface area (Å²) in [7, 11) is 0. The van der Waals surface area contributed by atoms with Gasteiger partial charge in [-0.2, -0.15) is 0 Å². The number of ether oxygens (including phenoxy) is 4. The zero-order valence-corrected chi connectivity index (χ0v) is 20.8. The highest BCUT2D eigenvalue weighted by molar-refractivity contribution is 5.79. The molecule has 0 bridgehead atoms.